The van der Waals surface area contributed by atoms with Gasteiger partial charge in [-0.1, -0.05) is 18.2 Å². The summed E-state index contributed by atoms with van der Waals surface area (Å²) in [6, 6.07) is 7.52. The summed E-state index contributed by atoms with van der Waals surface area (Å²) in [5.74, 6) is -0.737. The average Bonchev–Trinajstić information content (AvgIpc) is 3.00. The van der Waals surface area contributed by atoms with E-state index < -0.39 is 11.5 Å². The van der Waals surface area contributed by atoms with Gasteiger partial charge in [0.1, 0.15) is 5.65 Å². The minimum atomic E-state index is -0.737. The number of nitrogens with zero attached hydrogens (tertiary/aromatic N) is 4. The molecule has 0 aliphatic heterocycles. The Morgan fingerprint density at radius 1 is 1.33 bits per heavy atom. The topological polar surface area (TPSA) is 111 Å². The molecule has 0 spiro atoms. The van der Waals surface area contributed by atoms with Crippen molar-refractivity contribution in [2.75, 3.05) is 0 Å². The van der Waals surface area contributed by atoms with Crippen LogP contribution in [-0.4, -0.2) is 30.3 Å². The summed E-state index contributed by atoms with van der Waals surface area (Å²) in [4.78, 5) is 27.7. The number of aromatic amines is 1. The first-order valence-corrected chi connectivity index (χ1v) is 6.23. The van der Waals surface area contributed by atoms with E-state index in [0.29, 0.717) is 11.0 Å². The van der Waals surface area contributed by atoms with Gasteiger partial charge in [0.05, 0.1) is 10.9 Å². The van der Waals surface area contributed by atoms with Crippen LogP contribution in [0.4, 0.5) is 0 Å². The zero-order valence-corrected chi connectivity index (χ0v) is 11.0. The molecule has 0 fully saturated rings. The van der Waals surface area contributed by atoms with Crippen LogP contribution in [0.2, 0.25) is 0 Å². The highest BCUT2D eigenvalue weighted by molar-refractivity contribution is 6.07. The molecule has 3 aromatic heterocycles. The molecular formula is C13H10N6O2. The van der Waals surface area contributed by atoms with Crippen LogP contribution in [0.25, 0.3) is 27.6 Å². The number of rotatable bonds is 1. The third kappa shape index (κ3) is 1.33. The van der Waals surface area contributed by atoms with Gasteiger partial charge < -0.3 is 10.3 Å². The zero-order valence-electron chi connectivity index (χ0n) is 11.0. The van der Waals surface area contributed by atoms with E-state index in [9.17, 15) is 9.59 Å². The van der Waals surface area contributed by atoms with Crippen molar-refractivity contribution in [3.8, 4) is 0 Å². The Bertz CT molecular complexity index is 1100. The number of aromatic nitrogens is 5. The van der Waals surface area contributed by atoms with E-state index in [1.807, 2.05) is 35.9 Å². The normalized spacial score (nSPS) is 11.7. The van der Waals surface area contributed by atoms with Crippen molar-refractivity contribution in [1.82, 2.24) is 24.4 Å². The van der Waals surface area contributed by atoms with Gasteiger partial charge in [0, 0.05) is 12.4 Å². The Morgan fingerprint density at radius 3 is 2.86 bits per heavy atom. The summed E-state index contributed by atoms with van der Waals surface area (Å²) in [6.07, 6.45) is 0. The van der Waals surface area contributed by atoms with Crippen LogP contribution in [0, 0.1) is 0 Å². The fourth-order valence-corrected chi connectivity index (χ4v) is 2.72. The number of nitrogens with one attached hydrogen (secondary N) is 1. The quantitative estimate of drug-likeness (QED) is 0.518. The summed E-state index contributed by atoms with van der Waals surface area (Å²) in [6.45, 7) is 0. The lowest BCUT2D eigenvalue weighted by molar-refractivity contribution is 0.0997. The average molecular weight is 282 g/mol. The molecule has 1 amide bonds. The number of nitrogens with two attached hydrogens (primary N) is 1. The first-order chi connectivity index (χ1) is 10.1. The number of para-hydroxylation sites is 1. The van der Waals surface area contributed by atoms with E-state index >= 15 is 0 Å². The predicted octanol–water partition coefficient (Wildman–Crippen LogP) is 0.161. The second-order valence-electron chi connectivity index (χ2n) is 4.78. The van der Waals surface area contributed by atoms with Gasteiger partial charge in [0.2, 0.25) is 0 Å². The number of hydrogen-bond donors (Lipinski definition) is 2. The largest absolute Gasteiger partial charge is 0.364 e. The number of hydrogen-bond acceptors (Lipinski definition) is 4. The number of benzene rings is 1. The zero-order chi connectivity index (χ0) is 14.7. The first-order valence-electron chi connectivity index (χ1n) is 6.23. The number of carbonyl (C=O) groups is 1. The highest BCUT2D eigenvalue weighted by atomic mass is 16.1. The molecule has 8 nitrogen and oxygen atoms in total. The molecular weight excluding hydrogens is 272 g/mol. The number of H-pyrrole nitrogens is 1. The highest BCUT2D eigenvalue weighted by Crippen LogP contribution is 2.25. The maximum absolute atomic E-state index is 12.4. The lowest BCUT2D eigenvalue weighted by Crippen LogP contribution is -2.15. The van der Waals surface area contributed by atoms with Gasteiger partial charge in [-0.3, -0.25) is 9.59 Å². The van der Waals surface area contributed by atoms with Crippen LogP contribution in [0.3, 0.4) is 0 Å². The molecule has 104 valence electrons. The molecule has 21 heavy (non-hydrogen) atoms. The summed E-state index contributed by atoms with van der Waals surface area (Å²) in [5, 5.41) is 7.81. The molecule has 0 saturated heterocycles. The number of carbonyl (C=O) groups excluding carboxylic acids is 1. The third-order valence-electron chi connectivity index (χ3n) is 3.63. The fourth-order valence-electron chi connectivity index (χ4n) is 2.72. The summed E-state index contributed by atoms with van der Waals surface area (Å²) < 4.78 is 3.35. The summed E-state index contributed by atoms with van der Waals surface area (Å²) in [5.41, 5.74) is 6.39. The van der Waals surface area contributed by atoms with Gasteiger partial charge in [-0.05, 0) is 6.07 Å². The number of primary amides is 1. The van der Waals surface area contributed by atoms with Crippen LogP contribution < -0.4 is 11.3 Å². The lowest BCUT2D eigenvalue weighted by atomic mass is 10.2. The molecule has 0 aliphatic carbocycles. The second kappa shape index (κ2) is 3.69. The maximum atomic E-state index is 12.4. The molecule has 8 heteroatoms. The molecule has 0 aliphatic rings. The number of amides is 1. The van der Waals surface area contributed by atoms with E-state index in [1.165, 1.54) is 4.52 Å². The minimum absolute atomic E-state index is 0.0562. The minimum Gasteiger partial charge on any atom is -0.364 e. The molecule has 4 rings (SSSR count). The van der Waals surface area contributed by atoms with Crippen molar-refractivity contribution < 1.29 is 4.79 Å². The van der Waals surface area contributed by atoms with Crippen molar-refractivity contribution in [3.05, 3.63) is 40.3 Å². The van der Waals surface area contributed by atoms with Crippen molar-refractivity contribution >= 4 is 33.5 Å². The molecule has 0 atom stereocenters. The Morgan fingerprint density at radius 2 is 2.10 bits per heavy atom. The van der Waals surface area contributed by atoms with E-state index in [0.717, 1.165) is 10.9 Å². The molecule has 0 saturated carbocycles. The van der Waals surface area contributed by atoms with Crippen LogP contribution in [-0.2, 0) is 7.05 Å². The van der Waals surface area contributed by atoms with E-state index in [2.05, 4.69) is 15.3 Å². The van der Waals surface area contributed by atoms with E-state index in [-0.39, 0.29) is 11.3 Å². The van der Waals surface area contributed by atoms with Gasteiger partial charge >= 0.3 is 0 Å². The number of aryl methyl sites for hydroxylation is 1. The van der Waals surface area contributed by atoms with Gasteiger partial charge in [0.15, 0.2) is 11.3 Å². The van der Waals surface area contributed by atoms with Crippen LogP contribution in [0.5, 0.6) is 0 Å². The lowest BCUT2D eigenvalue weighted by Gasteiger charge is -2.00. The smallest absolute Gasteiger partial charge is 0.283 e. The molecule has 0 radical (unpaired) electrons. The molecule has 3 N–H and O–H groups in total. The summed E-state index contributed by atoms with van der Waals surface area (Å²) in [7, 11) is 1.83. The van der Waals surface area contributed by atoms with Crippen LogP contribution >= 0.6 is 0 Å². The van der Waals surface area contributed by atoms with E-state index in [4.69, 9.17) is 5.73 Å². The van der Waals surface area contributed by atoms with E-state index in [1.54, 1.807) is 0 Å². The monoisotopic (exact) mass is 282 g/mol. The Kier molecular flexibility index (Phi) is 2.05. The third-order valence-corrected chi connectivity index (χ3v) is 3.63. The van der Waals surface area contributed by atoms with Gasteiger partial charge in [0.25, 0.3) is 11.5 Å². The number of fused-ring (bicyclic) bond motifs is 5. The first kappa shape index (κ1) is 11.6. The fraction of sp³-hybridized carbons (Fsp3) is 0.0769. The van der Waals surface area contributed by atoms with Gasteiger partial charge in [-0.25, -0.2) is 9.73 Å². The van der Waals surface area contributed by atoms with Crippen LogP contribution in [0.15, 0.2) is 29.1 Å². The molecule has 1 aromatic carbocycles. The maximum Gasteiger partial charge on any atom is 0.283 e. The van der Waals surface area contributed by atoms with Gasteiger partial charge in [-0.15, -0.1) is 5.10 Å². The Labute approximate surface area is 116 Å². The van der Waals surface area contributed by atoms with Crippen molar-refractivity contribution in [2.45, 2.75) is 0 Å². The van der Waals surface area contributed by atoms with Gasteiger partial charge in [-0.2, -0.15) is 4.98 Å². The van der Waals surface area contributed by atoms with Crippen molar-refractivity contribution in [3.63, 3.8) is 0 Å². The Hall–Kier alpha value is -3.16. The highest BCUT2D eigenvalue weighted by Gasteiger charge is 2.20. The second-order valence-corrected chi connectivity index (χ2v) is 4.78. The van der Waals surface area contributed by atoms with Crippen LogP contribution in [0.1, 0.15) is 10.5 Å². The van der Waals surface area contributed by atoms with Crippen molar-refractivity contribution in [1.29, 1.82) is 0 Å². The molecule has 4 aromatic rings. The SMILES string of the molecule is Cn1c2ccccc2c2c(=O)nc3c(C(N)=O)n[nH]n3c21. The standard InChI is InChI=1S/C13H10N6O2/c1-18-7-5-3-2-4-6(7)8-12(21)15-11-9(10(14)20)16-17-19(11)13(8)18/h2-5,17H,1H3,(H2,14,20). The molecule has 0 unspecified atom stereocenters. The van der Waals surface area contributed by atoms with Crippen molar-refractivity contribution in [2.24, 2.45) is 12.8 Å². The summed E-state index contributed by atoms with van der Waals surface area (Å²) >= 11 is 0. The predicted molar refractivity (Wildman–Crippen MR) is 76.1 cm³/mol. The molecule has 3 heterocycles. The molecule has 0 bridgehead atoms. The Balaban J connectivity index is 2.37.